The van der Waals surface area contributed by atoms with Crippen molar-refractivity contribution in [2.45, 2.75) is 13.1 Å². The highest BCUT2D eigenvalue weighted by molar-refractivity contribution is 6.02. The average molecular weight is 579 g/mol. The zero-order chi connectivity index (χ0) is 30.1. The summed E-state index contributed by atoms with van der Waals surface area (Å²) in [5, 5.41) is 10.3. The van der Waals surface area contributed by atoms with Crippen molar-refractivity contribution in [3.8, 4) is 0 Å². The van der Waals surface area contributed by atoms with Gasteiger partial charge in [-0.05, 0) is 34.0 Å². The Labute approximate surface area is 257 Å². The first-order valence-electron chi connectivity index (χ1n) is 14.8. The van der Waals surface area contributed by atoms with Gasteiger partial charge in [-0.25, -0.2) is 9.59 Å². The van der Waals surface area contributed by atoms with Gasteiger partial charge in [0.25, 0.3) is 0 Å². The fraction of sp³-hybridized carbons (Fsp3) is 0.105. The monoisotopic (exact) mass is 578 g/mol. The molecule has 218 valence electrons. The fourth-order valence-corrected chi connectivity index (χ4v) is 5.41. The Morgan fingerprint density at radius 3 is 1.23 bits per heavy atom. The highest BCUT2D eigenvalue weighted by Gasteiger charge is 2.20. The van der Waals surface area contributed by atoms with E-state index in [0.29, 0.717) is 26.2 Å². The molecule has 6 nitrogen and oxygen atoms in total. The van der Waals surface area contributed by atoms with Crippen molar-refractivity contribution in [1.82, 2.24) is 9.80 Å². The molecule has 6 heteroatoms. The number of carbonyl (C=O) groups excluding carboxylic acids is 2. The molecule has 0 unspecified atom stereocenters. The number of urea groups is 2. The number of nitrogens with one attached hydrogen (secondary N) is 2. The van der Waals surface area contributed by atoms with Crippen LogP contribution >= 0.6 is 0 Å². The standard InChI is InChI=1S/C38H34N4O2/c43-37(39-35-23-11-19-31-17-7-9-21-33(31)35)41(27-29-13-3-1-4-14-29)25-26-42(28-30-15-5-2-6-16-30)38(44)40-36-24-12-20-32-18-8-10-22-34(32)36/h1-24H,25-28H2,(H,39,43)(H,40,44). The maximum absolute atomic E-state index is 13.8. The summed E-state index contributed by atoms with van der Waals surface area (Å²) in [6, 6.07) is 47.1. The zero-order valence-corrected chi connectivity index (χ0v) is 24.4. The first-order chi connectivity index (χ1) is 21.6. The molecule has 0 radical (unpaired) electrons. The van der Waals surface area contributed by atoms with Gasteiger partial charge in [-0.1, -0.05) is 133 Å². The Hall–Kier alpha value is -5.62. The van der Waals surface area contributed by atoms with E-state index in [0.717, 1.165) is 44.0 Å². The molecule has 2 N–H and O–H groups in total. The van der Waals surface area contributed by atoms with Crippen LogP contribution in [-0.2, 0) is 13.1 Å². The van der Waals surface area contributed by atoms with Crippen LogP contribution in [0.1, 0.15) is 11.1 Å². The molecule has 0 aliphatic heterocycles. The van der Waals surface area contributed by atoms with Gasteiger partial charge in [0.2, 0.25) is 0 Å². The molecule has 0 aromatic heterocycles. The highest BCUT2D eigenvalue weighted by Crippen LogP contribution is 2.25. The van der Waals surface area contributed by atoms with Crippen LogP contribution in [0.5, 0.6) is 0 Å². The van der Waals surface area contributed by atoms with Crippen LogP contribution in [0, 0.1) is 0 Å². The van der Waals surface area contributed by atoms with E-state index >= 15 is 0 Å². The van der Waals surface area contributed by atoms with Crippen molar-refractivity contribution in [2.75, 3.05) is 23.7 Å². The number of amides is 4. The van der Waals surface area contributed by atoms with E-state index in [-0.39, 0.29) is 12.1 Å². The summed E-state index contributed by atoms with van der Waals surface area (Å²) in [6.07, 6.45) is 0. The van der Waals surface area contributed by atoms with Crippen molar-refractivity contribution in [1.29, 1.82) is 0 Å². The zero-order valence-electron chi connectivity index (χ0n) is 24.4. The maximum atomic E-state index is 13.8. The Balaban J connectivity index is 1.25. The van der Waals surface area contributed by atoms with Gasteiger partial charge in [0.15, 0.2) is 0 Å². The molecule has 4 amide bonds. The first kappa shape index (κ1) is 28.5. The quantitative estimate of drug-likeness (QED) is 0.180. The molecule has 0 heterocycles. The molecular formula is C38H34N4O2. The molecule has 0 aliphatic carbocycles. The van der Waals surface area contributed by atoms with Crippen molar-refractivity contribution in [2.24, 2.45) is 0 Å². The largest absolute Gasteiger partial charge is 0.322 e. The number of carbonyl (C=O) groups is 2. The van der Waals surface area contributed by atoms with Crippen molar-refractivity contribution >= 4 is 45.0 Å². The fourth-order valence-electron chi connectivity index (χ4n) is 5.41. The van der Waals surface area contributed by atoms with Crippen LogP contribution in [0.15, 0.2) is 146 Å². The summed E-state index contributed by atoms with van der Waals surface area (Å²) < 4.78 is 0. The van der Waals surface area contributed by atoms with E-state index in [4.69, 9.17) is 0 Å². The minimum Gasteiger partial charge on any atom is -0.318 e. The molecular weight excluding hydrogens is 544 g/mol. The predicted molar refractivity (Wildman–Crippen MR) is 180 cm³/mol. The molecule has 0 fully saturated rings. The molecule has 0 atom stereocenters. The van der Waals surface area contributed by atoms with E-state index in [9.17, 15) is 9.59 Å². The van der Waals surface area contributed by atoms with Crippen molar-refractivity contribution < 1.29 is 9.59 Å². The molecule has 0 saturated heterocycles. The van der Waals surface area contributed by atoms with Gasteiger partial charge >= 0.3 is 12.1 Å². The Bertz CT molecular complexity index is 1730. The Kier molecular flexibility index (Phi) is 8.79. The third kappa shape index (κ3) is 6.88. The molecule has 0 saturated carbocycles. The van der Waals surface area contributed by atoms with Crippen LogP contribution in [0.2, 0.25) is 0 Å². The highest BCUT2D eigenvalue weighted by atomic mass is 16.2. The van der Waals surface area contributed by atoms with E-state index in [1.54, 1.807) is 9.80 Å². The summed E-state index contributed by atoms with van der Waals surface area (Å²) in [5.41, 5.74) is 3.52. The maximum Gasteiger partial charge on any atom is 0.322 e. The second-order valence-electron chi connectivity index (χ2n) is 10.7. The van der Waals surface area contributed by atoms with Crippen LogP contribution in [0.3, 0.4) is 0 Å². The van der Waals surface area contributed by atoms with Gasteiger partial charge in [-0.3, -0.25) is 0 Å². The number of fused-ring (bicyclic) bond motifs is 2. The van der Waals surface area contributed by atoms with E-state index < -0.39 is 0 Å². The second-order valence-corrected chi connectivity index (χ2v) is 10.7. The van der Waals surface area contributed by atoms with Gasteiger partial charge in [0.1, 0.15) is 0 Å². The summed E-state index contributed by atoms with van der Waals surface area (Å²) in [4.78, 5) is 31.2. The first-order valence-corrected chi connectivity index (χ1v) is 14.8. The summed E-state index contributed by atoms with van der Waals surface area (Å²) >= 11 is 0. The molecule has 0 aliphatic rings. The van der Waals surface area contributed by atoms with Gasteiger partial charge in [0, 0.05) is 37.0 Å². The molecule has 0 bridgehead atoms. The van der Waals surface area contributed by atoms with Gasteiger partial charge in [-0.15, -0.1) is 0 Å². The van der Waals surface area contributed by atoms with E-state index in [2.05, 4.69) is 10.6 Å². The summed E-state index contributed by atoms with van der Waals surface area (Å²) in [6.45, 7) is 1.48. The lowest BCUT2D eigenvalue weighted by atomic mass is 10.1. The number of nitrogens with zero attached hydrogens (tertiary/aromatic N) is 2. The number of anilines is 2. The molecule has 6 aromatic carbocycles. The predicted octanol–water partition coefficient (Wildman–Crippen LogP) is 8.76. The van der Waals surface area contributed by atoms with E-state index in [1.165, 1.54) is 0 Å². The minimum absolute atomic E-state index is 0.223. The normalized spacial score (nSPS) is 10.8. The Morgan fingerprint density at radius 2 is 0.795 bits per heavy atom. The number of hydrogen-bond donors (Lipinski definition) is 2. The molecule has 6 rings (SSSR count). The topological polar surface area (TPSA) is 64.7 Å². The summed E-state index contributed by atoms with van der Waals surface area (Å²) in [7, 11) is 0. The van der Waals surface area contributed by atoms with Gasteiger partial charge in [-0.2, -0.15) is 0 Å². The van der Waals surface area contributed by atoms with Crippen LogP contribution in [0.4, 0.5) is 21.0 Å². The molecule has 6 aromatic rings. The minimum atomic E-state index is -0.223. The molecule has 44 heavy (non-hydrogen) atoms. The molecule has 0 spiro atoms. The number of hydrogen-bond acceptors (Lipinski definition) is 2. The Morgan fingerprint density at radius 1 is 0.432 bits per heavy atom. The van der Waals surface area contributed by atoms with E-state index in [1.807, 2.05) is 146 Å². The van der Waals surface area contributed by atoms with Gasteiger partial charge in [0.05, 0.1) is 11.4 Å². The lowest BCUT2D eigenvalue weighted by Gasteiger charge is -2.29. The average Bonchev–Trinajstić information content (AvgIpc) is 3.07. The van der Waals surface area contributed by atoms with Gasteiger partial charge < -0.3 is 20.4 Å². The smallest absolute Gasteiger partial charge is 0.318 e. The summed E-state index contributed by atoms with van der Waals surface area (Å²) in [5.74, 6) is 0. The lowest BCUT2D eigenvalue weighted by molar-refractivity contribution is 0.185. The third-order valence-corrected chi connectivity index (χ3v) is 7.71. The number of benzene rings is 6. The third-order valence-electron chi connectivity index (χ3n) is 7.71. The SMILES string of the molecule is O=C(Nc1cccc2ccccc12)N(CCN(Cc1ccccc1)C(=O)Nc1cccc2ccccc12)Cc1ccccc1. The van der Waals surface area contributed by atoms with Crippen molar-refractivity contribution in [3.05, 3.63) is 157 Å². The lowest BCUT2D eigenvalue weighted by Crippen LogP contribution is -2.43. The van der Waals surface area contributed by atoms with Crippen LogP contribution in [-0.4, -0.2) is 35.0 Å². The number of rotatable bonds is 9. The second kappa shape index (κ2) is 13.6. The van der Waals surface area contributed by atoms with Crippen LogP contribution < -0.4 is 10.6 Å². The van der Waals surface area contributed by atoms with Crippen LogP contribution in [0.25, 0.3) is 21.5 Å². The van der Waals surface area contributed by atoms with Crippen molar-refractivity contribution in [3.63, 3.8) is 0 Å².